The quantitative estimate of drug-likeness (QED) is 0.663. The number of benzene rings is 1. The van der Waals surface area contributed by atoms with Crippen molar-refractivity contribution in [2.75, 3.05) is 19.5 Å². The van der Waals surface area contributed by atoms with E-state index in [-0.39, 0.29) is 12.3 Å². The van der Waals surface area contributed by atoms with Crippen LogP contribution < -0.4 is 5.32 Å². The van der Waals surface area contributed by atoms with Gasteiger partial charge in [0.05, 0.1) is 6.04 Å². The van der Waals surface area contributed by atoms with Crippen molar-refractivity contribution < 1.29 is 9.47 Å². The fourth-order valence-electron chi connectivity index (χ4n) is 1.61. The minimum absolute atomic E-state index is 0.105. The van der Waals surface area contributed by atoms with Crippen LogP contribution in [-0.2, 0) is 9.47 Å². The summed E-state index contributed by atoms with van der Waals surface area (Å²) < 4.78 is 11.7. The SMILES string of the molecule is COC(OC)C(C)Nc1ccc(I)cc1C. The lowest BCUT2D eigenvalue weighted by Crippen LogP contribution is -2.33. The predicted octanol–water partition coefficient (Wildman–Crippen LogP) is 3.02. The number of anilines is 1. The second-order valence-corrected chi connectivity index (χ2v) is 4.98. The molecule has 1 aromatic rings. The monoisotopic (exact) mass is 335 g/mol. The second kappa shape index (κ2) is 6.42. The van der Waals surface area contributed by atoms with Crippen LogP contribution in [0.2, 0.25) is 0 Å². The molecule has 90 valence electrons. The van der Waals surface area contributed by atoms with Crippen molar-refractivity contribution in [2.45, 2.75) is 26.2 Å². The standard InChI is InChI=1S/C12H18INO2/c1-8-7-10(13)5-6-11(8)14-9(2)12(15-3)16-4/h5-7,9,12,14H,1-4H3. The fraction of sp³-hybridized carbons (Fsp3) is 0.500. The van der Waals surface area contributed by atoms with Gasteiger partial charge in [0.2, 0.25) is 0 Å². The molecule has 0 saturated heterocycles. The highest BCUT2D eigenvalue weighted by atomic mass is 127. The molecule has 0 aliphatic carbocycles. The Balaban J connectivity index is 2.72. The minimum Gasteiger partial charge on any atom is -0.377 e. The fourth-order valence-corrected chi connectivity index (χ4v) is 2.25. The average molecular weight is 335 g/mol. The van der Waals surface area contributed by atoms with E-state index < -0.39 is 0 Å². The maximum absolute atomic E-state index is 5.21. The molecule has 1 N–H and O–H groups in total. The van der Waals surface area contributed by atoms with Gasteiger partial charge >= 0.3 is 0 Å². The summed E-state index contributed by atoms with van der Waals surface area (Å²) in [5.74, 6) is 0. The number of hydrogen-bond donors (Lipinski definition) is 1. The van der Waals surface area contributed by atoms with Crippen molar-refractivity contribution >= 4 is 28.3 Å². The van der Waals surface area contributed by atoms with E-state index >= 15 is 0 Å². The Morgan fingerprint density at radius 3 is 2.38 bits per heavy atom. The van der Waals surface area contributed by atoms with Crippen LogP contribution in [0.5, 0.6) is 0 Å². The highest BCUT2D eigenvalue weighted by Gasteiger charge is 2.15. The zero-order valence-electron chi connectivity index (χ0n) is 10.1. The van der Waals surface area contributed by atoms with E-state index in [0.29, 0.717) is 0 Å². The Bertz CT molecular complexity index is 340. The minimum atomic E-state index is -0.237. The Morgan fingerprint density at radius 1 is 1.25 bits per heavy atom. The Morgan fingerprint density at radius 2 is 1.88 bits per heavy atom. The Kier molecular flexibility index (Phi) is 5.51. The molecule has 0 spiro atoms. The van der Waals surface area contributed by atoms with Gasteiger partial charge in [-0.25, -0.2) is 0 Å². The summed E-state index contributed by atoms with van der Waals surface area (Å²) in [6, 6.07) is 6.41. The van der Waals surface area contributed by atoms with E-state index in [0.717, 1.165) is 5.69 Å². The largest absolute Gasteiger partial charge is 0.377 e. The molecule has 1 unspecified atom stereocenters. The molecule has 1 aromatic carbocycles. The van der Waals surface area contributed by atoms with E-state index in [4.69, 9.17) is 9.47 Å². The van der Waals surface area contributed by atoms with Crippen LogP contribution in [0, 0.1) is 10.5 Å². The average Bonchev–Trinajstić information content (AvgIpc) is 2.24. The number of halogens is 1. The van der Waals surface area contributed by atoms with Crippen molar-refractivity contribution in [1.29, 1.82) is 0 Å². The van der Waals surface area contributed by atoms with E-state index in [1.807, 2.05) is 6.92 Å². The molecule has 1 rings (SSSR count). The second-order valence-electron chi connectivity index (χ2n) is 3.73. The molecule has 0 aromatic heterocycles. The number of ether oxygens (including phenoxy) is 2. The Labute approximate surface area is 111 Å². The van der Waals surface area contributed by atoms with Gasteiger partial charge in [0.1, 0.15) is 0 Å². The zero-order chi connectivity index (χ0) is 12.1. The van der Waals surface area contributed by atoms with Crippen molar-refractivity contribution in [2.24, 2.45) is 0 Å². The van der Waals surface area contributed by atoms with Crippen molar-refractivity contribution in [3.8, 4) is 0 Å². The summed E-state index contributed by atoms with van der Waals surface area (Å²) in [7, 11) is 3.29. The number of hydrogen-bond acceptors (Lipinski definition) is 3. The molecule has 0 fully saturated rings. The first-order valence-electron chi connectivity index (χ1n) is 5.16. The van der Waals surface area contributed by atoms with Crippen molar-refractivity contribution in [1.82, 2.24) is 0 Å². The smallest absolute Gasteiger partial charge is 0.176 e. The van der Waals surface area contributed by atoms with Crippen LogP contribution >= 0.6 is 22.6 Å². The van der Waals surface area contributed by atoms with E-state index in [2.05, 4.69) is 53.0 Å². The highest BCUT2D eigenvalue weighted by molar-refractivity contribution is 14.1. The summed E-state index contributed by atoms with van der Waals surface area (Å²) in [6.07, 6.45) is -0.237. The zero-order valence-corrected chi connectivity index (χ0v) is 12.2. The van der Waals surface area contributed by atoms with Gasteiger partial charge in [-0.3, -0.25) is 0 Å². The van der Waals surface area contributed by atoms with Gasteiger partial charge in [-0.15, -0.1) is 0 Å². The summed E-state index contributed by atoms with van der Waals surface area (Å²) >= 11 is 2.31. The van der Waals surface area contributed by atoms with Crippen LogP contribution in [-0.4, -0.2) is 26.6 Å². The van der Waals surface area contributed by atoms with E-state index in [1.165, 1.54) is 9.13 Å². The highest BCUT2D eigenvalue weighted by Crippen LogP contribution is 2.19. The van der Waals surface area contributed by atoms with E-state index in [9.17, 15) is 0 Å². The summed E-state index contributed by atoms with van der Waals surface area (Å²) in [6.45, 7) is 4.13. The molecule has 4 heteroatoms. The molecular weight excluding hydrogens is 317 g/mol. The molecule has 3 nitrogen and oxygen atoms in total. The third-order valence-corrected chi connectivity index (χ3v) is 3.12. The van der Waals surface area contributed by atoms with Crippen LogP contribution in [0.25, 0.3) is 0 Å². The molecule has 0 heterocycles. The summed E-state index contributed by atoms with van der Waals surface area (Å²) in [5, 5.41) is 3.39. The number of nitrogens with one attached hydrogen (secondary N) is 1. The third-order valence-electron chi connectivity index (χ3n) is 2.44. The maximum Gasteiger partial charge on any atom is 0.176 e. The molecule has 0 bridgehead atoms. The molecule has 0 radical (unpaired) electrons. The van der Waals surface area contributed by atoms with Gasteiger partial charge < -0.3 is 14.8 Å². The molecule has 0 saturated carbocycles. The molecular formula is C12H18INO2. The van der Waals surface area contributed by atoms with Gasteiger partial charge in [-0.2, -0.15) is 0 Å². The molecule has 0 aliphatic heterocycles. The normalized spacial score (nSPS) is 12.9. The van der Waals surface area contributed by atoms with Gasteiger partial charge in [0, 0.05) is 23.5 Å². The van der Waals surface area contributed by atoms with Crippen molar-refractivity contribution in [3.05, 3.63) is 27.3 Å². The van der Waals surface area contributed by atoms with Gasteiger partial charge in [-0.05, 0) is 60.2 Å². The molecule has 0 aliphatic rings. The van der Waals surface area contributed by atoms with Gasteiger partial charge in [0.15, 0.2) is 6.29 Å². The predicted molar refractivity (Wildman–Crippen MR) is 74.8 cm³/mol. The van der Waals surface area contributed by atoms with Crippen LogP contribution in [0.15, 0.2) is 18.2 Å². The van der Waals surface area contributed by atoms with Crippen LogP contribution in [0.1, 0.15) is 12.5 Å². The maximum atomic E-state index is 5.21. The first kappa shape index (κ1) is 13.7. The number of rotatable bonds is 5. The summed E-state index contributed by atoms with van der Waals surface area (Å²) in [5.41, 5.74) is 2.34. The lowest BCUT2D eigenvalue weighted by Gasteiger charge is -2.24. The topological polar surface area (TPSA) is 30.5 Å². The number of methoxy groups -OCH3 is 2. The lowest BCUT2D eigenvalue weighted by atomic mass is 10.2. The molecule has 16 heavy (non-hydrogen) atoms. The Hall–Kier alpha value is -0.330. The van der Waals surface area contributed by atoms with Gasteiger partial charge in [-0.1, -0.05) is 0 Å². The lowest BCUT2D eigenvalue weighted by molar-refractivity contribution is -0.109. The first-order valence-corrected chi connectivity index (χ1v) is 6.24. The van der Waals surface area contributed by atoms with Crippen LogP contribution in [0.4, 0.5) is 5.69 Å². The van der Waals surface area contributed by atoms with Gasteiger partial charge in [0.25, 0.3) is 0 Å². The first-order chi connectivity index (χ1) is 7.58. The molecule has 1 atom stereocenters. The van der Waals surface area contributed by atoms with E-state index in [1.54, 1.807) is 14.2 Å². The van der Waals surface area contributed by atoms with Crippen LogP contribution in [0.3, 0.4) is 0 Å². The van der Waals surface area contributed by atoms with Crippen molar-refractivity contribution in [3.63, 3.8) is 0 Å². The number of aryl methyl sites for hydroxylation is 1. The molecule has 0 amide bonds. The summed E-state index contributed by atoms with van der Waals surface area (Å²) in [4.78, 5) is 0. The third kappa shape index (κ3) is 3.61.